The topological polar surface area (TPSA) is 98.5 Å². The Morgan fingerprint density at radius 3 is 2.58 bits per heavy atom. The Hall–Kier alpha value is -1.60. The second kappa shape index (κ2) is 6.03. The zero-order chi connectivity index (χ0) is 14.6. The van der Waals surface area contributed by atoms with Crippen molar-refractivity contribution in [1.29, 1.82) is 0 Å². The van der Waals surface area contributed by atoms with Gasteiger partial charge in [-0.15, -0.1) is 0 Å². The van der Waals surface area contributed by atoms with Crippen molar-refractivity contribution in [1.82, 2.24) is 4.72 Å². The second-order valence-electron chi connectivity index (χ2n) is 4.16. The van der Waals surface area contributed by atoms with Crippen molar-refractivity contribution in [2.45, 2.75) is 31.2 Å². The molecule has 19 heavy (non-hydrogen) atoms. The van der Waals surface area contributed by atoms with Gasteiger partial charge in [0.1, 0.15) is 5.75 Å². The van der Waals surface area contributed by atoms with Gasteiger partial charge in [-0.3, -0.25) is 4.79 Å². The summed E-state index contributed by atoms with van der Waals surface area (Å²) in [5.41, 5.74) is 5.23. The fourth-order valence-corrected chi connectivity index (χ4v) is 2.82. The number of hydrogen-bond donors (Lipinski definition) is 2. The second-order valence-corrected chi connectivity index (χ2v) is 5.87. The molecular formula is C12H18N2O4S. The third-order valence-corrected chi connectivity index (χ3v) is 4.30. The van der Waals surface area contributed by atoms with Gasteiger partial charge in [0.2, 0.25) is 10.0 Å². The maximum absolute atomic E-state index is 12.1. The van der Waals surface area contributed by atoms with Crippen LogP contribution in [0.4, 0.5) is 0 Å². The Morgan fingerprint density at radius 2 is 2.11 bits per heavy atom. The van der Waals surface area contributed by atoms with E-state index in [4.69, 9.17) is 10.5 Å². The largest absolute Gasteiger partial charge is 0.496 e. The first-order chi connectivity index (χ1) is 8.81. The highest BCUT2D eigenvalue weighted by Crippen LogP contribution is 2.22. The van der Waals surface area contributed by atoms with Crippen LogP contribution in [0.3, 0.4) is 0 Å². The molecule has 0 saturated heterocycles. The van der Waals surface area contributed by atoms with E-state index in [1.165, 1.54) is 25.3 Å². The number of nitrogens with two attached hydrogens (primary N) is 1. The molecule has 0 aliphatic heterocycles. The van der Waals surface area contributed by atoms with E-state index in [1.54, 1.807) is 6.92 Å². The van der Waals surface area contributed by atoms with Crippen LogP contribution in [-0.4, -0.2) is 27.5 Å². The third kappa shape index (κ3) is 3.68. The summed E-state index contributed by atoms with van der Waals surface area (Å²) in [6.07, 6.45) is 0.665. The van der Waals surface area contributed by atoms with Gasteiger partial charge in [-0.25, -0.2) is 13.1 Å². The van der Waals surface area contributed by atoms with Crippen molar-refractivity contribution >= 4 is 15.9 Å². The van der Waals surface area contributed by atoms with Gasteiger partial charge in [0.25, 0.3) is 5.91 Å². The summed E-state index contributed by atoms with van der Waals surface area (Å²) < 4.78 is 31.6. The summed E-state index contributed by atoms with van der Waals surface area (Å²) in [6, 6.07) is 3.80. The fourth-order valence-electron chi connectivity index (χ4n) is 1.46. The van der Waals surface area contributed by atoms with E-state index in [0.717, 1.165) is 0 Å². The van der Waals surface area contributed by atoms with Crippen LogP contribution < -0.4 is 15.2 Å². The van der Waals surface area contributed by atoms with E-state index in [0.29, 0.717) is 6.42 Å². The maximum atomic E-state index is 12.1. The van der Waals surface area contributed by atoms with E-state index >= 15 is 0 Å². The number of sulfonamides is 1. The van der Waals surface area contributed by atoms with Crippen molar-refractivity contribution in [3.05, 3.63) is 23.8 Å². The Labute approximate surface area is 113 Å². The average Bonchev–Trinajstić information content (AvgIpc) is 2.37. The predicted molar refractivity (Wildman–Crippen MR) is 71.6 cm³/mol. The van der Waals surface area contributed by atoms with Crippen LogP contribution >= 0.6 is 0 Å². The van der Waals surface area contributed by atoms with Crippen LogP contribution in [0.2, 0.25) is 0 Å². The third-order valence-electron chi connectivity index (χ3n) is 2.72. The van der Waals surface area contributed by atoms with Crippen molar-refractivity contribution in [3.8, 4) is 5.75 Å². The number of rotatable bonds is 6. The molecule has 0 bridgehead atoms. The van der Waals surface area contributed by atoms with E-state index in [-0.39, 0.29) is 22.3 Å². The zero-order valence-electron chi connectivity index (χ0n) is 11.1. The number of carbonyl (C=O) groups excluding carboxylic acids is 1. The molecule has 106 valence electrons. The molecule has 0 unspecified atom stereocenters. The number of carbonyl (C=O) groups is 1. The monoisotopic (exact) mass is 286 g/mol. The van der Waals surface area contributed by atoms with E-state index in [9.17, 15) is 13.2 Å². The van der Waals surface area contributed by atoms with E-state index in [2.05, 4.69) is 4.72 Å². The highest BCUT2D eigenvalue weighted by Gasteiger charge is 2.19. The number of nitrogens with one attached hydrogen (secondary N) is 1. The molecule has 7 heteroatoms. The Balaban J connectivity index is 3.22. The minimum atomic E-state index is -3.67. The lowest BCUT2D eigenvalue weighted by molar-refractivity contribution is 0.0997. The first-order valence-electron chi connectivity index (χ1n) is 5.82. The molecular weight excluding hydrogens is 268 g/mol. The number of benzene rings is 1. The van der Waals surface area contributed by atoms with E-state index < -0.39 is 15.9 Å². The summed E-state index contributed by atoms with van der Waals surface area (Å²) in [6.45, 7) is 3.63. The molecule has 0 heterocycles. The SMILES string of the molecule is CC[C@H](C)NS(=O)(=O)c1ccc(OC)c(C(N)=O)c1. The molecule has 0 spiro atoms. The first kappa shape index (κ1) is 15.5. The number of primary amides is 1. The molecule has 1 aromatic carbocycles. The molecule has 0 fully saturated rings. The number of hydrogen-bond acceptors (Lipinski definition) is 4. The molecule has 0 aromatic heterocycles. The van der Waals surface area contributed by atoms with Gasteiger partial charge < -0.3 is 10.5 Å². The molecule has 0 radical (unpaired) electrons. The summed E-state index contributed by atoms with van der Waals surface area (Å²) in [5.74, 6) is -0.493. The smallest absolute Gasteiger partial charge is 0.252 e. The maximum Gasteiger partial charge on any atom is 0.252 e. The van der Waals surface area contributed by atoms with Gasteiger partial charge in [0, 0.05) is 6.04 Å². The molecule has 0 aliphatic carbocycles. The highest BCUT2D eigenvalue weighted by molar-refractivity contribution is 7.89. The summed E-state index contributed by atoms with van der Waals surface area (Å²) >= 11 is 0. The van der Waals surface area contributed by atoms with Gasteiger partial charge in [-0.2, -0.15) is 0 Å². The Kier molecular flexibility index (Phi) is 4.90. The average molecular weight is 286 g/mol. The quantitative estimate of drug-likeness (QED) is 0.810. The van der Waals surface area contributed by atoms with E-state index in [1.807, 2.05) is 6.92 Å². The van der Waals surface area contributed by atoms with Crippen LogP contribution in [0.5, 0.6) is 5.75 Å². The number of amides is 1. The summed E-state index contributed by atoms with van der Waals surface area (Å²) in [4.78, 5) is 11.3. The van der Waals surface area contributed by atoms with Gasteiger partial charge in [0.15, 0.2) is 0 Å². The zero-order valence-corrected chi connectivity index (χ0v) is 12.0. The molecule has 3 N–H and O–H groups in total. The van der Waals surface area contributed by atoms with Crippen molar-refractivity contribution in [2.24, 2.45) is 5.73 Å². The molecule has 1 atom stereocenters. The molecule has 0 aliphatic rings. The molecule has 1 rings (SSSR count). The van der Waals surface area contributed by atoms with Crippen LogP contribution in [0, 0.1) is 0 Å². The molecule has 0 saturated carbocycles. The highest BCUT2D eigenvalue weighted by atomic mass is 32.2. The lowest BCUT2D eigenvalue weighted by Gasteiger charge is -2.13. The lowest BCUT2D eigenvalue weighted by Crippen LogP contribution is -2.32. The number of ether oxygens (including phenoxy) is 1. The number of methoxy groups -OCH3 is 1. The minimum absolute atomic E-state index is 0.0117. The normalized spacial score (nSPS) is 13.0. The summed E-state index contributed by atoms with van der Waals surface area (Å²) in [5, 5.41) is 0. The van der Waals surface area contributed by atoms with Crippen LogP contribution in [0.15, 0.2) is 23.1 Å². The predicted octanol–water partition coefficient (Wildman–Crippen LogP) is 0.871. The Bertz CT molecular complexity index is 569. The van der Waals surface area contributed by atoms with Gasteiger partial charge in [-0.05, 0) is 31.5 Å². The van der Waals surface area contributed by atoms with Crippen LogP contribution in [0.1, 0.15) is 30.6 Å². The van der Waals surface area contributed by atoms with Crippen molar-refractivity contribution in [3.63, 3.8) is 0 Å². The van der Waals surface area contributed by atoms with Crippen molar-refractivity contribution in [2.75, 3.05) is 7.11 Å². The van der Waals surface area contributed by atoms with Crippen molar-refractivity contribution < 1.29 is 17.9 Å². The minimum Gasteiger partial charge on any atom is -0.496 e. The first-order valence-corrected chi connectivity index (χ1v) is 7.30. The molecule has 1 amide bonds. The van der Waals surface area contributed by atoms with Crippen LogP contribution in [0.25, 0.3) is 0 Å². The van der Waals surface area contributed by atoms with Crippen LogP contribution in [-0.2, 0) is 10.0 Å². The Morgan fingerprint density at radius 1 is 1.47 bits per heavy atom. The van der Waals surface area contributed by atoms with Gasteiger partial charge >= 0.3 is 0 Å². The molecule has 1 aromatic rings. The lowest BCUT2D eigenvalue weighted by atomic mass is 10.2. The van der Waals surface area contributed by atoms with Gasteiger partial charge in [0.05, 0.1) is 17.6 Å². The molecule has 6 nitrogen and oxygen atoms in total. The van der Waals surface area contributed by atoms with Gasteiger partial charge in [-0.1, -0.05) is 6.92 Å². The fraction of sp³-hybridized carbons (Fsp3) is 0.417. The summed E-state index contributed by atoms with van der Waals surface area (Å²) in [7, 11) is -2.28. The standard InChI is InChI=1S/C12H18N2O4S/c1-4-8(2)14-19(16,17)9-5-6-11(18-3)10(7-9)12(13)15/h5-8,14H,4H2,1-3H3,(H2,13,15)/t8-/m0/s1.